The van der Waals surface area contributed by atoms with Crippen LogP contribution in [-0.4, -0.2) is 35.8 Å². The van der Waals surface area contributed by atoms with Crippen molar-refractivity contribution in [2.75, 3.05) is 19.9 Å². The average molecular weight is 550 g/mol. The summed E-state index contributed by atoms with van der Waals surface area (Å²) in [6, 6.07) is 22.3. The fraction of sp³-hybridized carbons (Fsp3) is 0.355. The van der Waals surface area contributed by atoms with Crippen LogP contribution in [0.4, 0.5) is 0 Å². The molecule has 1 heterocycles. The highest BCUT2D eigenvalue weighted by Gasteiger charge is 2.18. The Bertz CT molecular complexity index is 1250. The molecule has 0 aromatic heterocycles. The van der Waals surface area contributed by atoms with E-state index in [1.54, 1.807) is 12.1 Å². The van der Waals surface area contributed by atoms with Crippen molar-refractivity contribution >= 4 is 19.7 Å². The van der Waals surface area contributed by atoms with Crippen LogP contribution in [0.2, 0.25) is 0 Å². The lowest BCUT2D eigenvalue weighted by Crippen LogP contribution is -2.34. The molecule has 0 spiro atoms. The molecular formula is C31H36NO6P. The van der Waals surface area contributed by atoms with Crippen molar-refractivity contribution in [3.8, 4) is 23.0 Å². The molecule has 0 radical (unpaired) electrons. The second-order valence-corrected chi connectivity index (χ2v) is 10.5. The Hall–Kier alpha value is -3.09. The van der Waals surface area contributed by atoms with Gasteiger partial charge in [0.2, 0.25) is 6.79 Å². The molecular weight excluding hydrogens is 513 g/mol. The summed E-state index contributed by atoms with van der Waals surface area (Å²) in [5.41, 5.74) is 5.32. The minimum absolute atomic E-state index is 0.230. The summed E-state index contributed by atoms with van der Waals surface area (Å²) in [4.78, 5) is 18.5. The molecule has 7 nitrogen and oxygen atoms in total. The lowest BCUT2D eigenvalue weighted by Gasteiger charge is -2.22. The largest absolute Gasteiger partial charge is 0.492 e. The van der Waals surface area contributed by atoms with Gasteiger partial charge >= 0.3 is 8.60 Å². The normalized spacial score (nSPS) is 15.8. The second-order valence-electron chi connectivity index (χ2n) is 9.81. The molecule has 1 fully saturated rings. The van der Waals surface area contributed by atoms with Crippen molar-refractivity contribution in [2.45, 2.75) is 51.5 Å². The quantitative estimate of drug-likeness (QED) is 0.140. The van der Waals surface area contributed by atoms with E-state index in [1.165, 1.54) is 32.1 Å². The molecule has 0 unspecified atom stereocenters. The maximum atomic E-state index is 9.23. The Labute approximate surface area is 231 Å². The van der Waals surface area contributed by atoms with Crippen molar-refractivity contribution in [2.24, 2.45) is 0 Å². The molecule has 1 aliphatic heterocycles. The van der Waals surface area contributed by atoms with Gasteiger partial charge in [0.05, 0.1) is 0 Å². The standard InChI is InChI=1S/C31H36NO6P/c1-2-28(24-12-17-29-30(20-24)37-21-36-29)31(23-10-15-27(16-11-23)38-39(33)34)22-8-13-26(14-9-22)35-19-18-32-25-6-4-3-5-7-25/h8-17,20,25,32-34H,2-7,18-19,21H2,1H3/b31-28+. The molecule has 8 heteroatoms. The van der Waals surface area contributed by atoms with Gasteiger partial charge in [-0.25, -0.2) is 0 Å². The van der Waals surface area contributed by atoms with E-state index < -0.39 is 8.60 Å². The first-order valence-electron chi connectivity index (χ1n) is 13.7. The monoisotopic (exact) mass is 549 g/mol. The summed E-state index contributed by atoms with van der Waals surface area (Å²) in [6.45, 7) is 3.85. The van der Waals surface area contributed by atoms with Crippen molar-refractivity contribution in [1.29, 1.82) is 0 Å². The van der Waals surface area contributed by atoms with Gasteiger partial charge in [-0.3, -0.25) is 0 Å². The molecule has 3 aromatic rings. The molecule has 1 aliphatic carbocycles. The third-order valence-electron chi connectivity index (χ3n) is 7.26. The molecule has 3 N–H and O–H groups in total. The van der Waals surface area contributed by atoms with Gasteiger partial charge < -0.3 is 33.8 Å². The summed E-state index contributed by atoms with van der Waals surface area (Å²) in [5.74, 6) is 2.74. The maximum absolute atomic E-state index is 9.23. The first-order valence-corrected chi connectivity index (χ1v) is 14.8. The topological polar surface area (TPSA) is 89.4 Å². The average Bonchev–Trinajstić information content (AvgIpc) is 3.43. The Morgan fingerprint density at radius 2 is 1.49 bits per heavy atom. The van der Waals surface area contributed by atoms with Crippen molar-refractivity contribution in [3.05, 3.63) is 83.4 Å². The molecule has 0 atom stereocenters. The van der Waals surface area contributed by atoms with Crippen LogP contribution in [0, 0.1) is 0 Å². The van der Waals surface area contributed by atoms with E-state index in [9.17, 15) is 9.79 Å². The molecule has 5 rings (SSSR count). The SMILES string of the molecule is CC/C(=C(/c1ccc(OCCNC2CCCCC2)cc1)c1ccc(OP(O)O)cc1)c1ccc2c(c1)OCO2. The van der Waals surface area contributed by atoms with Crippen molar-refractivity contribution < 1.29 is 28.5 Å². The van der Waals surface area contributed by atoms with E-state index >= 15 is 0 Å². The number of hydrogen-bond donors (Lipinski definition) is 3. The van der Waals surface area contributed by atoms with Gasteiger partial charge in [0.25, 0.3) is 0 Å². The molecule has 39 heavy (non-hydrogen) atoms. The van der Waals surface area contributed by atoms with E-state index in [0.29, 0.717) is 18.4 Å². The van der Waals surface area contributed by atoms with E-state index in [-0.39, 0.29) is 6.79 Å². The predicted octanol–water partition coefficient (Wildman–Crippen LogP) is 6.68. The summed E-state index contributed by atoms with van der Waals surface area (Å²) in [6.07, 6.45) is 7.32. The zero-order valence-corrected chi connectivity index (χ0v) is 23.2. The highest BCUT2D eigenvalue weighted by Crippen LogP contribution is 2.40. The molecule has 2 aliphatic rings. The van der Waals surface area contributed by atoms with Crippen LogP contribution in [0.3, 0.4) is 0 Å². The van der Waals surface area contributed by atoms with E-state index in [4.69, 9.17) is 18.7 Å². The van der Waals surface area contributed by atoms with Gasteiger partial charge in [-0.2, -0.15) is 0 Å². The molecule has 0 saturated heterocycles. The Morgan fingerprint density at radius 1 is 0.846 bits per heavy atom. The fourth-order valence-corrected chi connectivity index (χ4v) is 5.67. The van der Waals surface area contributed by atoms with Crippen LogP contribution >= 0.6 is 8.60 Å². The number of fused-ring (bicyclic) bond motifs is 1. The fourth-order valence-electron chi connectivity index (χ4n) is 5.36. The zero-order chi connectivity index (χ0) is 27.0. The molecule has 1 saturated carbocycles. The van der Waals surface area contributed by atoms with E-state index in [2.05, 4.69) is 30.4 Å². The number of nitrogens with one attached hydrogen (secondary N) is 1. The van der Waals surface area contributed by atoms with Gasteiger partial charge in [-0.05, 0) is 83.5 Å². The van der Waals surface area contributed by atoms with Crippen LogP contribution in [-0.2, 0) is 0 Å². The van der Waals surface area contributed by atoms with Crippen LogP contribution in [0.5, 0.6) is 23.0 Å². The summed E-state index contributed by atoms with van der Waals surface area (Å²) >= 11 is 0. The first-order chi connectivity index (χ1) is 19.1. The lowest BCUT2D eigenvalue weighted by molar-refractivity contribution is 0.174. The first kappa shape index (κ1) is 27.5. The van der Waals surface area contributed by atoms with Gasteiger partial charge in [-0.15, -0.1) is 0 Å². The van der Waals surface area contributed by atoms with Gasteiger partial charge in [0, 0.05) is 12.6 Å². The Kier molecular flexibility index (Phi) is 9.38. The zero-order valence-electron chi connectivity index (χ0n) is 22.3. The summed E-state index contributed by atoms with van der Waals surface area (Å²) in [7, 11) is -2.47. The second kappa shape index (κ2) is 13.3. The molecule has 3 aromatic carbocycles. The number of ether oxygens (including phenoxy) is 3. The van der Waals surface area contributed by atoms with Gasteiger partial charge in [0.15, 0.2) is 11.5 Å². The highest BCUT2D eigenvalue weighted by atomic mass is 31.2. The molecule has 0 bridgehead atoms. The van der Waals surface area contributed by atoms with Crippen molar-refractivity contribution in [3.63, 3.8) is 0 Å². The molecule has 0 amide bonds. The number of allylic oxidation sites excluding steroid dienone is 1. The maximum Gasteiger partial charge on any atom is 0.391 e. The Morgan fingerprint density at radius 3 is 2.15 bits per heavy atom. The van der Waals surface area contributed by atoms with Crippen LogP contribution in [0.25, 0.3) is 11.1 Å². The van der Waals surface area contributed by atoms with Gasteiger partial charge in [-0.1, -0.05) is 56.5 Å². The van der Waals surface area contributed by atoms with E-state index in [1.807, 2.05) is 36.4 Å². The Balaban J connectivity index is 1.39. The number of benzene rings is 3. The highest BCUT2D eigenvalue weighted by molar-refractivity contribution is 7.39. The lowest BCUT2D eigenvalue weighted by atomic mass is 9.88. The number of rotatable bonds is 11. The van der Waals surface area contributed by atoms with E-state index in [0.717, 1.165) is 58.1 Å². The minimum Gasteiger partial charge on any atom is -0.492 e. The third-order valence-corrected chi connectivity index (χ3v) is 7.63. The van der Waals surface area contributed by atoms with Crippen molar-refractivity contribution in [1.82, 2.24) is 5.32 Å². The van der Waals surface area contributed by atoms with Crippen LogP contribution in [0.15, 0.2) is 66.7 Å². The van der Waals surface area contributed by atoms with Crippen LogP contribution in [0.1, 0.15) is 62.1 Å². The number of hydrogen-bond acceptors (Lipinski definition) is 7. The minimum atomic E-state index is -2.47. The predicted molar refractivity (Wildman–Crippen MR) is 154 cm³/mol. The third kappa shape index (κ3) is 7.11. The van der Waals surface area contributed by atoms with Gasteiger partial charge in [0.1, 0.15) is 18.1 Å². The summed E-state index contributed by atoms with van der Waals surface area (Å²) in [5, 5.41) is 3.63. The summed E-state index contributed by atoms with van der Waals surface area (Å²) < 4.78 is 22.3. The molecule has 206 valence electrons. The smallest absolute Gasteiger partial charge is 0.391 e. The van der Waals surface area contributed by atoms with Crippen LogP contribution < -0.4 is 24.1 Å².